The number of amides is 4. The van der Waals surface area contributed by atoms with Gasteiger partial charge in [-0.25, -0.2) is 19.0 Å². The van der Waals surface area contributed by atoms with E-state index in [0.29, 0.717) is 6.67 Å². The van der Waals surface area contributed by atoms with Crippen LogP contribution in [-0.2, 0) is 52.9 Å². The van der Waals surface area contributed by atoms with Crippen molar-refractivity contribution in [2.45, 2.75) is 96.4 Å². The molecule has 0 spiro atoms. The number of nitrogens with two attached hydrogens (primary N) is 1. The van der Waals surface area contributed by atoms with E-state index in [4.69, 9.17) is 40.0 Å². The molecule has 322 valence electrons. The molecule has 0 saturated carbocycles. The van der Waals surface area contributed by atoms with E-state index in [1.807, 2.05) is 6.92 Å². The minimum absolute atomic E-state index is 0. The molecule has 0 radical (unpaired) electrons. The SMILES string of the molecule is CCC(=O)C1=NC(C(=S)NC(C)C(=O)NC(CO)C(=O)NC(C2=NC(C(=S)NC(C)C(=O)NC(C)C(=O)O)C(=O)O2)C(C)OS(=O)(=O)O)C(=O)N1.CCNCN.N. The highest BCUT2D eigenvalue weighted by Crippen LogP contribution is 2.16. The molecule has 2 rings (SSSR count). The van der Waals surface area contributed by atoms with Crippen LogP contribution in [-0.4, -0.2) is 154 Å². The monoisotopic (exact) mass is 871 g/mol. The molecule has 0 aromatic rings. The van der Waals surface area contributed by atoms with Crippen LogP contribution in [0.2, 0.25) is 0 Å². The van der Waals surface area contributed by atoms with E-state index in [2.05, 4.69) is 51.4 Å². The highest BCUT2D eigenvalue weighted by molar-refractivity contribution is 7.81. The number of amidine groups is 1. The van der Waals surface area contributed by atoms with Gasteiger partial charge in [-0.15, -0.1) is 0 Å². The number of aliphatic hydroxyl groups excluding tert-OH is 1. The maximum atomic E-state index is 13.2. The lowest BCUT2D eigenvalue weighted by molar-refractivity contribution is -0.141. The number of carboxylic acids is 1. The van der Waals surface area contributed by atoms with Gasteiger partial charge in [0.05, 0.1) is 6.61 Å². The van der Waals surface area contributed by atoms with Crippen molar-refractivity contribution in [1.82, 2.24) is 43.4 Å². The van der Waals surface area contributed by atoms with Gasteiger partial charge in [-0.3, -0.25) is 33.3 Å². The van der Waals surface area contributed by atoms with E-state index < -0.39 is 113 Å². The summed E-state index contributed by atoms with van der Waals surface area (Å²) in [7, 11) is -5.17. The van der Waals surface area contributed by atoms with E-state index in [9.17, 15) is 51.6 Å². The summed E-state index contributed by atoms with van der Waals surface area (Å²) in [6.45, 7) is 8.93. The zero-order valence-electron chi connectivity index (χ0n) is 31.7. The third kappa shape index (κ3) is 16.8. The number of aliphatic carboxylic acids is 1. The molecule has 57 heavy (non-hydrogen) atoms. The number of rotatable bonds is 20. The molecule has 8 unspecified atom stereocenters. The second kappa shape index (κ2) is 24.2. The van der Waals surface area contributed by atoms with Gasteiger partial charge in [-0.1, -0.05) is 38.3 Å². The number of nitrogens with zero attached hydrogens (tertiary/aromatic N) is 2. The fraction of sp³-hybridized carbons (Fsp3) is 0.621. The number of hydrogen-bond donors (Lipinski definition) is 12. The maximum Gasteiger partial charge on any atom is 0.397 e. The van der Waals surface area contributed by atoms with Crippen LogP contribution in [0.4, 0.5) is 0 Å². The second-order valence-electron chi connectivity index (χ2n) is 11.7. The van der Waals surface area contributed by atoms with Crippen molar-refractivity contribution < 1.29 is 65.7 Å². The first-order valence-electron chi connectivity index (χ1n) is 16.6. The molecule has 0 saturated heterocycles. The fourth-order valence-electron chi connectivity index (χ4n) is 4.20. The predicted octanol–water partition coefficient (Wildman–Crippen LogP) is -4.77. The Bertz CT molecular complexity index is 1710. The largest absolute Gasteiger partial charge is 0.480 e. The summed E-state index contributed by atoms with van der Waals surface area (Å²) in [5.74, 6) is -7.43. The van der Waals surface area contributed by atoms with E-state index in [1.54, 1.807) is 6.92 Å². The summed E-state index contributed by atoms with van der Waals surface area (Å²) in [5.41, 5.74) is 5.03. The molecule has 0 bridgehead atoms. The molecule has 0 fully saturated rings. The van der Waals surface area contributed by atoms with E-state index in [-0.39, 0.29) is 28.4 Å². The average molecular weight is 872 g/mol. The number of carbonyl (C=O) groups is 7. The molecular formula is C29H49N11O14S3. The third-order valence-electron chi connectivity index (χ3n) is 7.26. The molecule has 25 nitrogen and oxygen atoms in total. The molecule has 0 aromatic carbocycles. The van der Waals surface area contributed by atoms with Gasteiger partial charge >= 0.3 is 22.3 Å². The second-order valence-corrected chi connectivity index (χ2v) is 13.7. The molecule has 2 aliphatic rings. The molecule has 2 aliphatic heterocycles. The van der Waals surface area contributed by atoms with Crippen molar-refractivity contribution in [3.63, 3.8) is 0 Å². The lowest BCUT2D eigenvalue weighted by Crippen LogP contribution is -2.58. The van der Waals surface area contributed by atoms with E-state index >= 15 is 0 Å². The zero-order chi connectivity index (χ0) is 43.1. The van der Waals surface area contributed by atoms with Crippen LogP contribution in [0, 0.1) is 0 Å². The predicted molar refractivity (Wildman–Crippen MR) is 208 cm³/mol. The quantitative estimate of drug-likeness (QED) is 0.0236. The summed E-state index contributed by atoms with van der Waals surface area (Å²) in [4.78, 5) is 93.5. The summed E-state index contributed by atoms with van der Waals surface area (Å²) in [6.07, 6.45) is -1.68. The Morgan fingerprint density at radius 2 is 1.44 bits per heavy atom. The van der Waals surface area contributed by atoms with E-state index in [1.165, 1.54) is 20.8 Å². The van der Waals surface area contributed by atoms with Gasteiger partial charge in [0.1, 0.15) is 46.3 Å². The summed E-state index contributed by atoms with van der Waals surface area (Å²) in [6, 6.07) is -10.2. The zero-order valence-corrected chi connectivity index (χ0v) is 34.1. The Kier molecular flexibility index (Phi) is 22.2. The highest BCUT2D eigenvalue weighted by Gasteiger charge is 2.42. The van der Waals surface area contributed by atoms with Crippen molar-refractivity contribution in [3.8, 4) is 0 Å². The number of carbonyl (C=O) groups excluding carboxylic acids is 6. The molecule has 0 aromatic heterocycles. The minimum Gasteiger partial charge on any atom is -0.480 e. The van der Waals surface area contributed by atoms with Crippen molar-refractivity contribution >= 4 is 97.9 Å². The Morgan fingerprint density at radius 3 is 1.89 bits per heavy atom. The molecule has 4 amide bonds. The Hall–Kier alpha value is -4.68. The van der Waals surface area contributed by atoms with Crippen molar-refractivity contribution in [1.29, 1.82) is 0 Å². The van der Waals surface area contributed by atoms with Gasteiger partial charge in [-0.2, -0.15) is 8.42 Å². The van der Waals surface area contributed by atoms with E-state index in [0.717, 1.165) is 13.5 Å². The van der Waals surface area contributed by atoms with Crippen LogP contribution in [0.15, 0.2) is 9.98 Å². The first-order chi connectivity index (χ1) is 26.0. The minimum atomic E-state index is -5.17. The van der Waals surface area contributed by atoms with Gasteiger partial charge in [0.25, 0.3) is 5.91 Å². The summed E-state index contributed by atoms with van der Waals surface area (Å²) < 4.78 is 41.8. The van der Waals surface area contributed by atoms with Crippen LogP contribution in [0.5, 0.6) is 0 Å². The lowest BCUT2D eigenvalue weighted by atomic mass is 10.1. The number of ether oxygens (including phenoxy) is 1. The van der Waals surface area contributed by atoms with Crippen LogP contribution < -0.4 is 49.1 Å². The Morgan fingerprint density at radius 1 is 0.895 bits per heavy atom. The first-order valence-corrected chi connectivity index (χ1v) is 18.8. The Labute approximate surface area is 338 Å². The number of carboxylic acid groups (broad SMARTS) is 1. The average Bonchev–Trinajstić information content (AvgIpc) is 3.70. The molecule has 2 heterocycles. The normalized spacial score (nSPS) is 19.0. The summed E-state index contributed by atoms with van der Waals surface area (Å²) >= 11 is 10.3. The van der Waals surface area contributed by atoms with Gasteiger partial charge < -0.3 is 64.1 Å². The number of aliphatic imine (C=N–C) groups is 2. The number of ketones is 1. The fourth-order valence-corrected chi connectivity index (χ4v) is 5.36. The molecule has 15 N–H and O–H groups in total. The Balaban J connectivity index is 0.00000490. The van der Waals surface area contributed by atoms with Crippen molar-refractivity contribution in [2.24, 2.45) is 15.7 Å². The smallest absolute Gasteiger partial charge is 0.397 e. The van der Waals surface area contributed by atoms with Crippen LogP contribution in [0.3, 0.4) is 0 Å². The number of thiocarbonyl (C=S) groups is 2. The number of Topliss-reactive ketones (excluding diaryl/α,β-unsaturated/α-hetero) is 1. The van der Waals surface area contributed by atoms with Crippen LogP contribution in [0.25, 0.3) is 0 Å². The lowest BCUT2D eigenvalue weighted by Gasteiger charge is -2.26. The van der Waals surface area contributed by atoms with Crippen LogP contribution in [0.1, 0.15) is 48.0 Å². The van der Waals surface area contributed by atoms with Gasteiger partial charge in [-0.05, 0) is 34.2 Å². The molecular weight excluding hydrogens is 823 g/mol. The third-order valence-corrected chi connectivity index (χ3v) is 8.49. The number of aliphatic hydroxyl groups is 1. The topological polar surface area (TPSA) is 403 Å². The van der Waals surface area contributed by atoms with Gasteiger partial charge in [0.15, 0.2) is 17.7 Å². The summed E-state index contributed by atoms with van der Waals surface area (Å²) in [5, 5.41) is 35.7. The first kappa shape index (κ1) is 52.3. The number of cyclic esters (lactones) is 1. The molecule has 0 aliphatic carbocycles. The number of nitrogens with one attached hydrogen (secondary N) is 7. The molecule has 28 heteroatoms. The highest BCUT2D eigenvalue weighted by atomic mass is 32.3. The maximum absolute atomic E-state index is 13.2. The van der Waals surface area contributed by atoms with Crippen molar-refractivity contribution in [2.75, 3.05) is 19.8 Å². The number of hydrogen-bond acceptors (Lipinski definition) is 19. The van der Waals surface area contributed by atoms with Gasteiger partial charge in [0, 0.05) is 13.1 Å². The molecule has 8 atom stereocenters. The number of esters is 1. The van der Waals surface area contributed by atoms with Crippen molar-refractivity contribution in [3.05, 3.63) is 0 Å². The van der Waals surface area contributed by atoms with Crippen LogP contribution >= 0.6 is 24.4 Å². The van der Waals surface area contributed by atoms with Gasteiger partial charge in [0.2, 0.25) is 29.7 Å². The standard InChI is InChI=1S/C26H36N8O14S3.C3H10N2.H3N/c1-6-13(36)17-31-15(21(40)34-17)23(49)28-9(3)19(38)30-12(7-35)20(39)32-14(11(5)48-51(44,45)46)22-33-16(26(43)47-22)24(50)29-8(2)18(37)27-10(4)25(41)42;1-2-5-3-4;/h8-12,14-16,35H,6-7H2,1-5H3,(H,27,37)(H,28,49)(H,29,50)(H,30,38)(H,32,39)(H,41,42)(H,31,34,40)(H,44,45,46);5H,2-4H2,1H3;1H3.